The van der Waals surface area contributed by atoms with Crippen LogP contribution >= 0.6 is 0 Å². The molecular weight excluding hydrogens is 262 g/mol. The van der Waals surface area contributed by atoms with Crippen LogP contribution in [0.4, 0.5) is 8.78 Å². The maximum Gasteiger partial charge on any atom is 0.193 e. The zero-order chi connectivity index (χ0) is 14.3. The fourth-order valence-electron chi connectivity index (χ4n) is 2.09. The van der Waals surface area contributed by atoms with Gasteiger partial charge in [-0.05, 0) is 31.2 Å². The average Bonchev–Trinajstić information content (AvgIpc) is 2.39. The van der Waals surface area contributed by atoms with Crippen LogP contribution in [-0.2, 0) is 0 Å². The van der Waals surface area contributed by atoms with Crippen molar-refractivity contribution in [3.63, 3.8) is 0 Å². The summed E-state index contributed by atoms with van der Waals surface area (Å²) in [6, 6.07) is 9.53. The first-order valence-corrected chi connectivity index (χ1v) is 6.04. The van der Waals surface area contributed by atoms with Crippen molar-refractivity contribution in [3.05, 3.63) is 69.9 Å². The van der Waals surface area contributed by atoms with E-state index >= 15 is 0 Å². The minimum Gasteiger partial charge on any atom is -0.456 e. The molecule has 0 aliphatic rings. The molecule has 0 unspecified atom stereocenters. The van der Waals surface area contributed by atoms with Gasteiger partial charge in [-0.3, -0.25) is 4.79 Å². The van der Waals surface area contributed by atoms with Gasteiger partial charge >= 0.3 is 0 Å². The molecule has 0 aliphatic carbocycles. The summed E-state index contributed by atoms with van der Waals surface area (Å²) in [6.45, 7) is 1.87. The molecule has 0 amide bonds. The van der Waals surface area contributed by atoms with E-state index < -0.39 is 11.6 Å². The summed E-state index contributed by atoms with van der Waals surface area (Å²) in [6.07, 6.45) is 0. The third kappa shape index (κ3) is 2.09. The molecule has 1 aromatic heterocycles. The van der Waals surface area contributed by atoms with Crippen LogP contribution in [0.5, 0.6) is 0 Å². The summed E-state index contributed by atoms with van der Waals surface area (Å²) >= 11 is 0. The Morgan fingerprint density at radius 2 is 1.80 bits per heavy atom. The standard InChI is InChI=1S/C16H10F2O2/c1-9-2-5-15-12(6-9)14(19)8-16(20-15)11-4-3-10(17)7-13(11)18/h2-8H,1H3. The molecule has 3 aromatic rings. The van der Waals surface area contributed by atoms with E-state index in [1.807, 2.05) is 6.92 Å². The predicted octanol–water partition coefficient (Wildman–Crippen LogP) is 4.05. The summed E-state index contributed by atoms with van der Waals surface area (Å²) in [5, 5.41) is 0.441. The molecule has 0 spiro atoms. The van der Waals surface area contributed by atoms with Crippen molar-refractivity contribution in [2.24, 2.45) is 0 Å². The van der Waals surface area contributed by atoms with Gasteiger partial charge in [-0.15, -0.1) is 0 Å². The van der Waals surface area contributed by atoms with E-state index in [2.05, 4.69) is 0 Å². The fraction of sp³-hybridized carbons (Fsp3) is 0.0625. The number of aryl methyl sites for hydroxylation is 1. The second kappa shape index (κ2) is 4.56. The highest BCUT2D eigenvalue weighted by Crippen LogP contribution is 2.25. The molecule has 1 heterocycles. The number of fused-ring (bicyclic) bond motifs is 1. The molecule has 20 heavy (non-hydrogen) atoms. The summed E-state index contributed by atoms with van der Waals surface area (Å²) in [4.78, 5) is 12.0. The van der Waals surface area contributed by atoms with Gasteiger partial charge in [-0.1, -0.05) is 11.6 Å². The summed E-state index contributed by atoms with van der Waals surface area (Å²) in [5.74, 6) is -1.35. The predicted molar refractivity (Wildman–Crippen MR) is 72.6 cm³/mol. The third-order valence-corrected chi connectivity index (χ3v) is 3.08. The zero-order valence-electron chi connectivity index (χ0n) is 10.6. The first kappa shape index (κ1) is 12.5. The maximum absolute atomic E-state index is 13.7. The Bertz CT molecular complexity index is 866. The highest BCUT2D eigenvalue weighted by Gasteiger charge is 2.11. The molecule has 0 atom stereocenters. The monoisotopic (exact) mass is 272 g/mol. The van der Waals surface area contributed by atoms with Crippen LogP contribution in [0.3, 0.4) is 0 Å². The molecule has 0 aliphatic heterocycles. The van der Waals surface area contributed by atoms with Crippen LogP contribution in [0.15, 0.2) is 51.7 Å². The van der Waals surface area contributed by atoms with E-state index in [1.165, 1.54) is 12.1 Å². The van der Waals surface area contributed by atoms with Crippen molar-refractivity contribution in [1.29, 1.82) is 0 Å². The smallest absolute Gasteiger partial charge is 0.193 e. The van der Waals surface area contributed by atoms with E-state index in [0.717, 1.165) is 17.7 Å². The molecule has 0 fully saturated rings. The van der Waals surface area contributed by atoms with Crippen LogP contribution in [0.2, 0.25) is 0 Å². The van der Waals surface area contributed by atoms with Gasteiger partial charge in [0.05, 0.1) is 10.9 Å². The van der Waals surface area contributed by atoms with Crippen molar-refractivity contribution >= 4 is 11.0 Å². The lowest BCUT2D eigenvalue weighted by Gasteiger charge is -2.05. The molecule has 0 bridgehead atoms. The fourth-order valence-corrected chi connectivity index (χ4v) is 2.09. The molecule has 2 aromatic carbocycles. The Morgan fingerprint density at radius 3 is 2.55 bits per heavy atom. The number of rotatable bonds is 1. The molecule has 0 N–H and O–H groups in total. The van der Waals surface area contributed by atoms with E-state index in [1.54, 1.807) is 18.2 Å². The third-order valence-electron chi connectivity index (χ3n) is 3.08. The number of halogens is 2. The molecular formula is C16H10F2O2. The van der Waals surface area contributed by atoms with Gasteiger partial charge < -0.3 is 4.42 Å². The van der Waals surface area contributed by atoms with Crippen molar-refractivity contribution in [3.8, 4) is 11.3 Å². The largest absolute Gasteiger partial charge is 0.456 e. The van der Waals surface area contributed by atoms with Gasteiger partial charge in [0.25, 0.3) is 0 Å². The Labute approximate surface area is 113 Å². The van der Waals surface area contributed by atoms with E-state index in [9.17, 15) is 13.6 Å². The summed E-state index contributed by atoms with van der Waals surface area (Å²) in [5.41, 5.74) is 1.12. The van der Waals surface area contributed by atoms with Crippen LogP contribution in [-0.4, -0.2) is 0 Å². The van der Waals surface area contributed by atoms with Gasteiger partial charge in [0.1, 0.15) is 23.0 Å². The Balaban J connectivity index is 2.27. The lowest BCUT2D eigenvalue weighted by molar-refractivity contribution is 0.572. The maximum atomic E-state index is 13.7. The van der Waals surface area contributed by atoms with Crippen molar-refractivity contribution in [1.82, 2.24) is 0 Å². The van der Waals surface area contributed by atoms with Gasteiger partial charge in [0.15, 0.2) is 5.43 Å². The highest BCUT2D eigenvalue weighted by molar-refractivity contribution is 5.79. The molecule has 0 radical (unpaired) electrons. The zero-order valence-corrected chi connectivity index (χ0v) is 10.6. The van der Waals surface area contributed by atoms with E-state index in [4.69, 9.17) is 4.42 Å². The molecule has 0 saturated heterocycles. The van der Waals surface area contributed by atoms with Crippen LogP contribution < -0.4 is 5.43 Å². The number of benzene rings is 2. The van der Waals surface area contributed by atoms with Gasteiger partial charge in [0.2, 0.25) is 0 Å². The van der Waals surface area contributed by atoms with Gasteiger partial charge in [0, 0.05) is 12.1 Å². The number of hydrogen-bond donors (Lipinski definition) is 0. The Morgan fingerprint density at radius 1 is 1.00 bits per heavy atom. The summed E-state index contributed by atoms with van der Waals surface area (Å²) < 4.78 is 32.2. The minimum atomic E-state index is -0.764. The van der Waals surface area contributed by atoms with Gasteiger partial charge in [-0.25, -0.2) is 8.78 Å². The minimum absolute atomic E-state index is 0.0611. The van der Waals surface area contributed by atoms with Crippen LogP contribution in [0.25, 0.3) is 22.3 Å². The van der Waals surface area contributed by atoms with Crippen LogP contribution in [0.1, 0.15) is 5.56 Å². The van der Waals surface area contributed by atoms with Gasteiger partial charge in [-0.2, -0.15) is 0 Å². The van der Waals surface area contributed by atoms with Crippen molar-refractivity contribution < 1.29 is 13.2 Å². The number of hydrogen-bond acceptors (Lipinski definition) is 2. The first-order chi connectivity index (χ1) is 9.54. The topological polar surface area (TPSA) is 30.2 Å². The van der Waals surface area contributed by atoms with E-state index in [-0.39, 0.29) is 16.8 Å². The lowest BCUT2D eigenvalue weighted by Crippen LogP contribution is -2.01. The van der Waals surface area contributed by atoms with Crippen LogP contribution in [0, 0.1) is 18.6 Å². The second-order valence-electron chi connectivity index (χ2n) is 4.60. The normalized spacial score (nSPS) is 10.9. The second-order valence-corrected chi connectivity index (χ2v) is 4.60. The molecule has 2 nitrogen and oxygen atoms in total. The Kier molecular flexibility index (Phi) is 2.86. The Hall–Kier alpha value is -2.49. The van der Waals surface area contributed by atoms with E-state index in [0.29, 0.717) is 11.0 Å². The molecule has 3 rings (SSSR count). The highest BCUT2D eigenvalue weighted by atomic mass is 19.1. The molecule has 0 saturated carbocycles. The molecule has 100 valence electrons. The first-order valence-electron chi connectivity index (χ1n) is 6.04. The van der Waals surface area contributed by atoms with Crippen molar-refractivity contribution in [2.75, 3.05) is 0 Å². The average molecular weight is 272 g/mol. The summed E-state index contributed by atoms with van der Waals surface area (Å²) in [7, 11) is 0. The molecule has 4 heteroatoms. The van der Waals surface area contributed by atoms with Crippen molar-refractivity contribution in [2.45, 2.75) is 6.92 Å². The quantitative estimate of drug-likeness (QED) is 0.669. The SMILES string of the molecule is Cc1ccc2oc(-c3ccc(F)cc3F)cc(=O)c2c1. The lowest BCUT2D eigenvalue weighted by atomic mass is 10.1.